The van der Waals surface area contributed by atoms with Gasteiger partial charge in [0.1, 0.15) is 0 Å². The van der Waals surface area contributed by atoms with Crippen LogP contribution in [0.25, 0.3) is 0 Å². The molecule has 0 atom stereocenters. The van der Waals surface area contributed by atoms with E-state index < -0.39 is 6.03 Å². The molecule has 2 aromatic carbocycles. The van der Waals surface area contributed by atoms with Gasteiger partial charge in [-0.2, -0.15) is 0 Å². The average molecular weight is 417 g/mol. The van der Waals surface area contributed by atoms with Crippen LogP contribution in [0.15, 0.2) is 48.5 Å². The predicted molar refractivity (Wildman–Crippen MR) is 114 cm³/mol. The fourth-order valence-electron chi connectivity index (χ4n) is 2.60. The number of carbonyl (C=O) groups excluding carboxylic acids is 3. The van der Waals surface area contributed by atoms with Crippen LogP contribution in [0.5, 0.6) is 0 Å². The smallest absolute Gasteiger partial charge is 0.315 e. The van der Waals surface area contributed by atoms with Crippen LogP contribution < -0.4 is 16.0 Å². The number of halogens is 1. The van der Waals surface area contributed by atoms with Crippen molar-refractivity contribution in [3.05, 3.63) is 64.7 Å². The molecule has 29 heavy (non-hydrogen) atoms. The largest absolute Gasteiger partial charge is 0.339 e. The minimum Gasteiger partial charge on any atom is -0.339 e. The zero-order valence-electron chi connectivity index (χ0n) is 16.5. The first-order valence-corrected chi connectivity index (χ1v) is 9.76. The molecule has 0 aliphatic rings. The highest BCUT2D eigenvalue weighted by Crippen LogP contribution is 2.13. The standard InChI is InChI=1S/C21H25ClN4O3/c1-3-26(4-2)20(28)16-7-5-15(6-8-16)13-23-21(29)24-14-19(27)25-18-11-9-17(22)10-12-18/h5-12H,3-4,13-14H2,1-2H3,(H,25,27)(H2,23,24,29). The van der Waals surface area contributed by atoms with E-state index in [-0.39, 0.29) is 24.9 Å². The van der Waals surface area contributed by atoms with Gasteiger partial charge in [0.05, 0.1) is 6.54 Å². The van der Waals surface area contributed by atoms with Gasteiger partial charge >= 0.3 is 6.03 Å². The maximum atomic E-state index is 12.3. The van der Waals surface area contributed by atoms with E-state index in [4.69, 9.17) is 11.6 Å². The van der Waals surface area contributed by atoms with Gasteiger partial charge in [-0.25, -0.2) is 4.79 Å². The third-order valence-corrected chi connectivity index (χ3v) is 4.49. The summed E-state index contributed by atoms with van der Waals surface area (Å²) in [7, 11) is 0. The van der Waals surface area contributed by atoms with E-state index in [0.717, 1.165) is 5.56 Å². The van der Waals surface area contributed by atoms with E-state index in [1.54, 1.807) is 53.4 Å². The quantitative estimate of drug-likeness (QED) is 0.616. The molecule has 2 rings (SSSR count). The van der Waals surface area contributed by atoms with E-state index >= 15 is 0 Å². The van der Waals surface area contributed by atoms with Gasteiger partial charge in [0.2, 0.25) is 5.91 Å². The van der Waals surface area contributed by atoms with Crippen LogP contribution in [0, 0.1) is 0 Å². The minimum absolute atomic E-state index is 0.0149. The summed E-state index contributed by atoms with van der Waals surface area (Å²) in [5.74, 6) is -0.360. The van der Waals surface area contributed by atoms with Crippen LogP contribution in [0.1, 0.15) is 29.8 Å². The molecular weight excluding hydrogens is 392 g/mol. The first-order chi connectivity index (χ1) is 13.9. The highest BCUT2D eigenvalue weighted by Gasteiger charge is 2.12. The second-order valence-electron chi connectivity index (χ2n) is 6.27. The van der Waals surface area contributed by atoms with Gasteiger partial charge in [0.15, 0.2) is 0 Å². The van der Waals surface area contributed by atoms with Crippen molar-refractivity contribution in [2.75, 3.05) is 25.0 Å². The molecule has 0 aliphatic heterocycles. The van der Waals surface area contributed by atoms with Crippen molar-refractivity contribution in [3.8, 4) is 0 Å². The highest BCUT2D eigenvalue weighted by atomic mass is 35.5. The van der Waals surface area contributed by atoms with E-state index in [9.17, 15) is 14.4 Å². The van der Waals surface area contributed by atoms with Crippen molar-refractivity contribution < 1.29 is 14.4 Å². The molecule has 154 valence electrons. The van der Waals surface area contributed by atoms with Crippen LogP contribution in [-0.2, 0) is 11.3 Å². The summed E-state index contributed by atoms with van der Waals surface area (Å²) in [5, 5.41) is 8.40. The average Bonchev–Trinajstić information content (AvgIpc) is 2.73. The molecular formula is C21H25ClN4O3. The minimum atomic E-state index is -0.459. The molecule has 0 saturated carbocycles. The van der Waals surface area contributed by atoms with E-state index in [0.29, 0.717) is 29.4 Å². The van der Waals surface area contributed by atoms with Crippen LogP contribution in [0.3, 0.4) is 0 Å². The lowest BCUT2D eigenvalue weighted by Gasteiger charge is -2.18. The lowest BCUT2D eigenvalue weighted by Crippen LogP contribution is -2.39. The Balaban J connectivity index is 1.75. The van der Waals surface area contributed by atoms with Crippen LogP contribution >= 0.6 is 11.6 Å². The fraction of sp³-hybridized carbons (Fsp3) is 0.286. The SMILES string of the molecule is CCN(CC)C(=O)c1ccc(CNC(=O)NCC(=O)Nc2ccc(Cl)cc2)cc1. The van der Waals surface area contributed by atoms with Gasteiger partial charge < -0.3 is 20.9 Å². The lowest BCUT2D eigenvalue weighted by atomic mass is 10.1. The molecule has 0 heterocycles. The molecule has 2 aromatic rings. The molecule has 0 aliphatic carbocycles. The normalized spacial score (nSPS) is 10.2. The van der Waals surface area contributed by atoms with Crippen molar-refractivity contribution in [3.63, 3.8) is 0 Å². The topological polar surface area (TPSA) is 90.5 Å². The Bertz CT molecular complexity index is 834. The molecule has 0 radical (unpaired) electrons. The third kappa shape index (κ3) is 7.12. The number of hydrogen-bond donors (Lipinski definition) is 3. The lowest BCUT2D eigenvalue weighted by molar-refractivity contribution is -0.115. The zero-order valence-corrected chi connectivity index (χ0v) is 17.3. The molecule has 0 unspecified atom stereocenters. The molecule has 7 nitrogen and oxygen atoms in total. The number of benzene rings is 2. The zero-order chi connectivity index (χ0) is 21.2. The Morgan fingerprint density at radius 2 is 1.52 bits per heavy atom. The van der Waals surface area contributed by atoms with Crippen molar-refractivity contribution in [2.45, 2.75) is 20.4 Å². The summed E-state index contributed by atoms with van der Waals surface area (Å²) in [5.41, 5.74) is 2.06. The maximum absolute atomic E-state index is 12.3. The number of hydrogen-bond acceptors (Lipinski definition) is 3. The predicted octanol–water partition coefficient (Wildman–Crippen LogP) is 3.26. The molecule has 0 fully saturated rings. The van der Waals surface area contributed by atoms with Crippen LogP contribution in [0.4, 0.5) is 10.5 Å². The van der Waals surface area contributed by atoms with Gasteiger partial charge in [-0.15, -0.1) is 0 Å². The molecule has 0 bridgehead atoms. The fourth-order valence-corrected chi connectivity index (χ4v) is 2.73. The molecule has 0 saturated heterocycles. The van der Waals surface area contributed by atoms with Crippen molar-refractivity contribution in [1.29, 1.82) is 0 Å². The number of anilines is 1. The summed E-state index contributed by atoms with van der Waals surface area (Å²) >= 11 is 5.79. The number of carbonyl (C=O) groups is 3. The van der Waals surface area contributed by atoms with Crippen LogP contribution in [0.2, 0.25) is 5.02 Å². The molecule has 4 amide bonds. The van der Waals surface area contributed by atoms with Crippen LogP contribution in [-0.4, -0.2) is 42.4 Å². The third-order valence-electron chi connectivity index (χ3n) is 4.24. The summed E-state index contributed by atoms with van der Waals surface area (Å²) in [6, 6.07) is 13.3. The second-order valence-corrected chi connectivity index (χ2v) is 6.70. The van der Waals surface area contributed by atoms with Gasteiger partial charge in [-0.05, 0) is 55.8 Å². The summed E-state index contributed by atoms with van der Waals surface area (Å²) in [6.45, 7) is 5.31. The Morgan fingerprint density at radius 3 is 2.10 bits per heavy atom. The summed E-state index contributed by atoms with van der Waals surface area (Å²) in [4.78, 5) is 37.8. The molecule has 0 spiro atoms. The number of urea groups is 1. The first-order valence-electron chi connectivity index (χ1n) is 9.38. The van der Waals surface area contributed by atoms with Crippen molar-refractivity contribution >= 4 is 35.1 Å². The van der Waals surface area contributed by atoms with Gasteiger partial charge in [-0.1, -0.05) is 23.7 Å². The number of rotatable bonds is 8. The number of amides is 4. The summed E-state index contributed by atoms with van der Waals surface area (Å²) < 4.78 is 0. The summed E-state index contributed by atoms with van der Waals surface area (Å²) in [6.07, 6.45) is 0. The first kappa shape index (κ1) is 22.2. The Hall–Kier alpha value is -3.06. The maximum Gasteiger partial charge on any atom is 0.315 e. The van der Waals surface area contributed by atoms with E-state index in [2.05, 4.69) is 16.0 Å². The van der Waals surface area contributed by atoms with Crippen molar-refractivity contribution in [1.82, 2.24) is 15.5 Å². The van der Waals surface area contributed by atoms with E-state index in [1.807, 2.05) is 13.8 Å². The Kier molecular flexibility index (Phi) is 8.48. The molecule has 3 N–H and O–H groups in total. The van der Waals surface area contributed by atoms with E-state index in [1.165, 1.54) is 0 Å². The highest BCUT2D eigenvalue weighted by molar-refractivity contribution is 6.30. The van der Waals surface area contributed by atoms with Gasteiger partial charge in [-0.3, -0.25) is 9.59 Å². The Morgan fingerprint density at radius 1 is 0.897 bits per heavy atom. The Labute approximate surface area is 175 Å². The second kappa shape index (κ2) is 11.1. The monoisotopic (exact) mass is 416 g/mol. The number of nitrogens with zero attached hydrogens (tertiary/aromatic N) is 1. The molecule has 8 heteroatoms. The van der Waals surface area contributed by atoms with Crippen molar-refractivity contribution in [2.24, 2.45) is 0 Å². The van der Waals surface area contributed by atoms with Gasteiger partial charge in [0.25, 0.3) is 5.91 Å². The van der Waals surface area contributed by atoms with Gasteiger partial charge in [0, 0.05) is 35.9 Å². The molecule has 0 aromatic heterocycles. The number of nitrogens with one attached hydrogen (secondary N) is 3.